The minimum Gasteiger partial charge on any atom is -0.228 e. The molecule has 0 heterocycles. The predicted molar refractivity (Wildman–Crippen MR) is 30.8 cm³/mol. The topological polar surface area (TPSA) is 18.5 Å². The zero-order chi connectivity index (χ0) is 5.54. The van der Waals surface area contributed by atoms with E-state index in [1.54, 1.807) is 0 Å². The first-order chi connectivity index (χ1) is 3.41. The third-order valence-electron chi connectivity index (χ3n) is 0.404. The Balaban J connectivity index is 2.45. The van der Waals surface area contributed by atoms with Gasteiger partial charge in [-0.15, -0.1) is 0 Å². The van der Waals surface area contributed by atoms with Crippen LogP contribution in [0.15, 0.2) is 0 Å². The Morgan fingerprint density at radius 1 is 1.57 bits per heavy atom. The van der Waals surface area contributed by atoms with Crippen LogP contribution in [0.5, 0.6) is 0 Å². The molecule has 0 rings (SSSR count). The molecule has 0 aliphatic rings. The summed E-state index contributed by atoms with van der Waals surface area (Å²) in [6, 6.07) is 0. The number of hydrogen-bond acceptors (Lipinski definition) is 3. The molecule has 0 aliphatic carbocycles. The molecule has 0 saturated heterocycles. The maximum atomic E-state index is 4.49. The molecule has 0 aromatic rings. The SMILES string of the molecule is CCCSOOC. The van der Waals surface area contributed by atoms with E-state index in [0.29, 0.717) is 0 Å². The second-order valence-corrected chi connectivity index (χ2v) is 1.84. The first-order valence-electron chi connectivity index (χ1n) is 2.24. The molecular weight excluding hydrogens is 112 g/mol. The molecule has 0 saturated carbocycles. The van der Waals surface area contributed by atoms with Crippen LogP contribution in [0.2, 0.25) is 0 Å². The molecule has 0 bridgehead atoms. The highest BCUT2D eigenvalue weighted by atomic mass is 32.2. The predicted octanol–water partition coefficient (Wildman–Crippen LogP) is 1.62. The molecule has 0 radical (unpaired) electrons. The second kappa shape index (κ2) is 6.27. The molecular formula is C4H10O2S. The van der Waals surface area contributed by atoms with Crippen molar-refractivity contribution in [1.29, 1.82) is 0 Å². The van der Waals surface area contributed by atoms with Crippen molar-refractivity contribution in [2.45, 2.75) is 13.3 Å². The van der Waals surface area contributed by atoms with E-state index in [1.807, 2.05) is 0 Å². The molecule has 0 atom stereocenters. The van der Waals surface area contributed by atoms with Crippen molar-refractivity contribution in [1.82, 2.24) is 0 Å². The van der Waals surface area contributed by atoms with Gasteiger partial charge in [0.2, 0.25) is 0 Å². The standard InChI is InChI=1S/C4H10O2S/c1-3-4-7-6-5-2/h3-4H2,1-2H3. The van der Waals surface area contributed by atoms with Crippen molar-refractivity contribution in [2.24, 2.45) is 0 Å². The molecule has 0 aromatic heterocycles. The first-order valence-corrected chi connectivity index (χ1v) is 3.15. The molecule has 0 amide bonds. The lowest BCUT2D eigenvalue weighted by Crippen LogP contribution is -1.78. The zero-order valence-electron chi connectivity index (χ0n) is 4.64. The second-order valence-electron chi connectivity index (χ2n) is 1.06. The highest BCUT2D eigenvalue weighted by Gasteiger charge is 1.80. The van der Waals surface area contributed by atoms with E-state index >= 15 is 0 Å². The van der Waals surface area contributed by atoms with E-state index in [9.17, 15) is 0 Å². The van der Waals surface area contributed by atoms with Gasteiger partial charge in [0, 0.05) is 17.8 Å². The lowest BCUT2D eigenvalue weighted by atomic mass is 10.6. The van der Waals surface area contributed by atoms with Crippen LogP contribution < -0.4 is 0 Å². The monoisotopic (exact) mass is 122 g/mol. The molecule has 0 aromatic carbocycles. The fourth-order valence-corrected chi connectivity index (χ4v) is 0.496. The van der Waals surface area contributed by atoms with Crippen molar-refractivity contribution < 1.29 is 9.22 Å². The van der Waals surface area contributed by atoms with Gasteiger partial charge in [-0.05, 0) is 6.42 Å². The summed E-state index contributed by atoms with van der Waals surface area (Å²) >= 11 is 1.33. The van der Waals surface area contributed by atoms with Crippen LogP contribution >= 0.6 is 12.0 Å². The van der Waals surface area contributed by atoms with Crippen LogP contribution in [0.25, 0.3) is 0 Å². The van der Waals surface area contributed by atoms with Gasteiger partial charge in [0.15, 0.2) is 0 Å². The Morgan fingerprint density at radius 2 is 2.29 bits per heavy atom. The summed E-state index contributed by atoms with van der Waals surface area (Å²) in [7, 11) is 1.50. The number of rotatable bonds is 4. The normalized spacial score (nSPS) is 9.43. The molecule has 0 unspecified atom stereocenters. The fraction of sp³-hybridized carbons (Fsp3) is 1.00. The van der Waals surface area contributed by atoms with E-state index in [-0.39, 0.29) is 0 Å². The lowest BCUT2D eigenvalue weighted by Gasteiger charge is -1.91. The summed E-state index contributed by atoms with van der Waals surface area (Å²) in [5.74, 6) is 0.994. The van der Waals surface area contributed by atoms with Gasteiger partial charge in [0.05, 0.1) is 7.11 Å². The van der Waals surface area contributed by atoms with E-state index in [0.717, 1.165) is 12.2 Å². The van der Waals surface area contributed by atoms with Crippen molar-refractivity contribution in [3.63, 3.8) is 0 Å². The molecule has 0 aliphatic heterocycles. The Kier molecular flexibility index (Phi) is 6.51. The van der Waals surface area contributed by atoms with E-state index in [4.69, 9.17) is 0 Å². The summed E-state index contributed by atoms with van der Waals surface area (Å²) < 4.78 is 4.49. The van der Waals surface area contributed by atoms with Gasteiger partial charge in [-0.2, -0.15) is 4.33 Å². The average molecular weight is 122 g/mol. The Hall–Kier alpha value is 0.270. The quantitative estimate of drug-likeness (QED) is 0.244. The average Bonchev–Trinajstić information content (AvgIpc) is 1.69. The van der Waals surface area contributed by atoms with E-state index in [2.05, 4.69) is 16.1 Å². The summed E-state index contributed by atoms with van der Waals surface area (Å²) in [6.07, 6.45) is 1.12. The van der Waals surface area contributed by atoms with Crippen LogP contribution in [-0.4, -0.2) is 12.9 Å². The van der Waals surface area contributed by atoms with Crippen LogP contribution in [0.4, 0.5) is 0 Å². The van der Waals surface area contributed by atoms with Crippen molar-refractivity contribution in [2.75, 3.05) is 12.9 Å². The maximum Gasteiger partial charge on any atom is 0.0725 e. The smallest absolute Gasteiger partial charge is 0.0725 e. The molecule has 3 heteroatoms. The van der Waals surface area contributed by atoms with Gasteiger partial charge in [-0.1, -0.05) is 6.92 Å². The molecule has 2 nitrogen and oxygen atoms in total. The molecule has 0 fully saturated rings. The lowest BCUT2D eigenvalue weighted by molar-refractivity contribution is -0.160. The van der Waals surface area contributed by atoms with E-state index in [1.165, 1.54) is 19.2 Å². The Morgan fingerprint density at radius 3 is 2.71 bits per heavy atom. The van der Waals surface area contributed by atoms with Crippen LogP contribution in [0.1, 0.15) is 13.3 Å². The third-order valence-corrected chi connectivity index (χ3v) is 1.21. The largest absolute Gasteiger partial charge is 0.228 e. The van der Waals surface area contributed by atoms with Gasteiger partial charge in [0.25, 0.3) is 0 Å². The molecule has 44 valence electrons. The van der Waals surface area contributed by atoms with Crippen LogP contribution in [-0.2, 0) is 9.22 Å². The summed E-state index contributed by atoms with van der Waals surface area (Å²) in [5, 5.41) is 0. The number of hydrogen-bond donors (Lipinski definition) is 0. The maximum absolute atomic E-state index is 4.49. The van der Waals surface area contributed by atoms with E-state index < -0.39 is 0 Å². The van der Waals surface area contributed by atoms with Gasteiger partial charge < -0.3 is 0 Å². The van der Waals surface area contributed by atoms with Crippen LogP contribution in [0, 0.1) is 0 Å². The van der Waals surface area contributed by atoms with Crippen molar-refractivity contribution in [3.05, 3.63) is 0 Å². The first kappa shape index (κ1) is 7.27. The molecule has 0 N–H and O–H groups in total. The van der Waals surface area contributed by atoms with Gasteiger partial charge in [-0.3, -0.25) is 0 Å². The van der Waals surface area contributed by atoms with Crippen molar-refractivity contribution >= 4 is 12.0 Å². The highest BCUT2D eigenvalue weighted by Crippen LogP contribution is 2.02. The minimum atomic E-state index is 0.994. The third kappa shape index (κ3) is 6.27. The zero-order valence-corrected chi connectivity index (χ0v) is 5.46. The summed E-state index contributed by atoms with van der Waals surface area (Å²) in [6.45, 7) is 2.09. The van der Waals surface area contributed by atoms with Gasteiger partial charge in [0.1, 0.15) is 0 Å². The Labute approximate surface area is 48.3 Å². The highest BCUT2D eigenvalue weighted by molar-refractivity contribution is 7.94. The Bertz CT molecular complexity index is 28.9. The van der Waals surface area contributed by atoms with Crippen LogP contribution in [0.3, 0.4) is 0 Å². The van der Waals surface area contributed by atoms with Gasteiger partial charge in [-0.25, -0.2) is 4.89 Å². The van der Waals surface area contributed by atoms with Gasteiger partial charge >= 0.3 is 0 Å². The minimum absolute atomic E-state index is 0.994. The summed E-state index contributed by atoms with van der Waals surface area (Å²) in [5.41, 5.74) is 0. The fourth-order valence-electron chi connectivity index (χ4n) is 0.165. The molecule has 7 heavy (non-hydrogen) atoms. The van der Waals surface area contributed by atoms with Crippen molar-refractivity contribution in [3.8, 4) is 0 Å². The summed E-state index contributed by atoms with van der Waals surface area (Å²) in [4.78, 5) is 4.31. The molecule has 0 spiro atoms.